The number of aliphatic hydroxyl groups excluding tert-OH is 1. The summed E-state index contributed by atoms with van der Waals surface area (Å²) in [5.74, 6) is -0.478. The molecule has 6 heteroatoms. The first kappa shape index (κ1) is 16.8. The van der Waals surface area contributed by atoms with Crippen LogP contribution >= 0.6 is 11.6 Å². The maximum absolute atomic E-state index is 12.3. The lowest BCUT2D eigenvalue weighted by atomic mass is 10.1. The Bertz CT molecular complexity index is 548. The maximum atomic E-state index is 12.3. The number of carbonyl (C=O) groups is 2. The second kappa shape index (κ2) is 7.61. The molecular formula is C16H21ClN2O3. The highest BCUT2D eigenvalue weighted by Gasteiger charge is 2.29. The summed E-state index contributed by atoms with van der Waals surface area (Å²) in [6, 6.07) is 6.78. The maximum Gasteiger partial charge on any atom is 0.253 e. The average Bonchev–Trinajstić information content (AvgIpc) is 2.92. The van der Waals surface area contributed by atoms with Crippen LogP contribution in [0, 0.1) is 0 Å². The third-order valence-electron chi connectivity index (χ3n) is 3.83. The first-order valence-corrected chi connectivity index (χ1v) is 7.87. The van der Waals surface area contributed by atoms with Gasteiger partial charge < -0.3 is 15.3 Å². The van der Waals surface area contributed by atoms with Crippen LogP contribution in [-0.2, 0) is 4.79 Å². The number of nitrogens with zero attached hydrogens (tertiary/aromatic N) is 1. The van der Waals surface area contributed by atoms with Gasteiger partial charge in [-0.2, -0.15) is 0 Å². The Morgan fingerprint density at radius 1 is 1.45 bits per heavy atom. The molecule has 0 bridgehead atoms. The lowest BCUT2D eigenvalue weighted by molar-refractivity contribution is -0.131. The first-order chi connectivity index (χ1) is 10.5. The van der Waals surface area contributed by atoms with Crippen LogP contribution in [0.4, 0.5) is 0 Å². The number of likely N-dealkylation sites (tertiary alicyclic amines) is 1. The average molecular weight is 325 g/mol. The van der Waals surface area contributed by atoms with Crippen molar-refractivity contribution >= 4 is 23.4 Å². The molecule has 120 valence electrons. The highest BCUT2D eigenvalue weighted by atomic mass is 35.5. The van der Waals surface area contributed by atoms with Crippen molar-refractivity contribution in [1.29, 1.82) is 0 Å². The van der Waals surface area contributed by atoms with Gasteiger partial charge in [-0.3, -0.25) is 9.59 Å². The number of halogens is 1. The summed E-state index contributed by atoms with van der Waals surface area (Å²) >= 11 is 5.96. The normalized spacial score (nSPS) is 19.0. The molecular weight excluding hydrogens is 304 g/mol. The predicted octanol–water partition coefficient (Wildman–Crippen LogP) is 1.83. The predicted molar refractivity (Wildman–Crippen MR) is 84.8 cm³/mol. The van der Waals surface area contributed by atoms with Gasteiger partial charge in [0.15, 0.2) is 0 Å². The molecule has 1 aliphatic heterocycles. The fourth-order valence-electron chi connectivity index (χ4n) is 2.80. The number of benzene rings is 1. The standard InChI is InChI=1S/C16H21ClN2O3/c1-11(20)9-12-5-4-8-19(12)15(21)10-18-16(22)13-6-2-3-7-14(13)17/h2-3,6-7,11-12,20H,4-5,8-10H2,1H3,(H,18,22). The van der Waals surface area contributed by atoms with E-state index >= 15 is 0 Å². The van der Waals surface area contributed by atoms with E-state index in [1.54, 1.807) is 36.1 Å². The fourth-order valence-corrected chi connectivity index (χ4v) is 3.02. The van der Waals surface area contributed by atoms with Crippen LogP contribution in [0.5, 0.6) is 0 Å². The van der Waals surface area contributed by atoms with E-state index in [2.05, 4.69) is 5.32 Å². The summed E-state index contributed by atoms with van der Waals surface area (Å²) in [7, 11) is 0. The van der Waals surface area contributed by atoms with Crippen LogP contribution in [0.15, 0.2) is 24.3 Å². The van der Waals surface area contributed by atoms with Crippen LogP contribution in [0.3, 0.4) is 0 Å². The smallest absolute Gasteiger partial charge is 0.253 e. The van der Waals surface area contributed by atoms with Crippen molar-refractivity contribution < 1.29 is 14.7 Å². The van der Waals surface area contributed by atoms with Gasteiger partial charge in [0, 0.05) is 12.6 Å². The van der Waals surface area contributed by atoms with Crippen molar-refractivity contribution in [3.63, 3.8) is 0 Å². The van der Waals surface area contributed by atoms with Gasteiger partial charge in [-0.05, 0) is 38.3 Å². The molecule has 0 spiro atoms. The largest absolute Gasteiger partial charge is 0.393 e. The van der Waals surface area contributed by atoms with E-state index < -0.39 is 6.10 Å². The molecule has 0 aromatic heterocycles. The van der Waals surface area contributed by atoms with E-state index in [4.69, 9.17) is 11.6 Å². The second-order valence-corrected chi connectivity index (χ2v) is 6.04. The summed E-state index contributed by atoms with van der Waals surface area (Å²) in [5, 5.41) is 12.5. The van der Waals surface area contributed by atoms with Gasteiger partial charge in [0.05, 0.1) is 23.2 Å². The molecule has 0 radical (unpaired) electrons. The number of carbonyl (C=O) groups excluding carboxylic acids is 2. The van der Waals surface area contributed by atoms with Gasteiger partial charge in [0.2, 0.25) is 5.91 Å². The topological polar surface area (TPSA) is 69.6 Å². The van der Waals surface area contributed by atoms with Crippen LogP contribution in [0.2, 0.25) is 5.02 Å². The highest BCUT2D eigenvalue weighted by molar-refractivity contribution is 6.33. The number of rotatable bonds is 5. The number of nitrogens with one attached hydrogen (secondary N) is 1. The molecule has 1 fully saturated rings. The molecule has 1 saturated heterocycles. The van der Waals surface area contributed by atoms with Gasteiger partial charge >= 0.3 is 0 Å². The first-order valence-electron chi connectivity index (χ1n) is 7.49. The lowest BCUT2D eigenvalue weighted by Crippen LogP contribution is -2.43. The SMILES string of the molecule is CC(O)CC1CCCN1C(=O)CNC(=O)c1ccccc1Cl. The molecule has 1 aromatic carbocycles. The van der Waals surface area contributed by atoms with Crippen molar-refractivity contribution in [2.45, 2.75) is 38.3 Å². The lowest BCUT2D eigenvalue weighted by Gasteiger charge is -2.25. The Balaban J connectivity index is 1.90. The van der Waals surface area contributed by atoms with Crippen LogP contribution in [0.25, 0.3) is 0 Å². The molecule has 2 N–H and O–H groups in total. The number of amides is 2. The summed E-state index contributed by atoms with van der Waals surface area (Å²) in [6.45, 7) is 2.35. The number of aliphatic hydroxyl groups is 1. The van der Waals surface area contributed by atoms with E-state index in [9.17, 15) is 14.7 Å². The Morgan fingerprint density at radius 3 is 2.86 bits per heavy atom. The Morgan fingerprint density at radius 2 is 2.18 bits per heavy atom. The minimum Gasteiger partial charge on any atom is -0.393 e. The monoisotopic (exact) mass is 324 g/mol. The second-order valence-electron chi connectivity index (χ2n) is 5.63. The van der Waals surface area contributed by atoms with E-state index in [0.29, 0.717) is 23.6 Å². The van der Waals surface area contributed by atoms with Gasteiger partial charge in [-0.1, -0.05) is 23.7 Å². The molecule has 2 rings (SSSR count). The van der Waals surface area contributed by atoms with Gasteiger partial charge in [-0.15, -0.1) is 0 Å². The van der Waals surface area contributed by atoms with E-state index in [-0.39, 0.29) is 24.4 Å². The van der Waals surface area contributed by atoms with Crippen LogP contribution in [0.1, 0.15) is 36.5 Å². The molecule has 22 heavy (non-hydrogen) atoms. The Hall–Kier alpha value is -1.59. The third kappa shape index (κ3) is 4.21. The molecule has 1 aliphatic rings. The van der Waals surface area contributed by atoms with Crippen molar-refractivity contribution in [3.8, 4) is 0 Å². The molecule has 2 atom stereocenters. The van der Waals surface area contributed by atoms with Gasteiger partial charge in [0.1, 0.15) is 0 Å². The van der Waals surface area contributed by atoms with E-state index in [0.717, 1.165) is 12.8 Å². The van der Waals surface area contributed by atoms with Crippen LogP contribution in [-0.4, -0.2) is 47.1 Å². The quantitative estimate of drug-likeness (QED) is 0.868. The summed E-state index contributed by atoms with van der Waals surface area (Å²) in [6.07, 6.45) is 1.97. The summed E-state index contributed by atoms with van der Waals surface area (Å²) < 4.78 is 0. The van der Waals surface area contributed by atoms with Crippen molar-refractivity contribution in [1.82, 2.24) is 10.2 Å². The molecule has 2 amide bonds. The Labute approximate surface area is 135 Å². The summed E-state index contributed by atoms with van der Waals surface area (Å²) in [4.78, 5) is 26.0. The molecule has 0 saturated carbocycles. The van der Waals surface area contributed by atoms with Gasteiger partial charge in [0.25, 0.3) is 5.91 Å². The van der Waals surface area contributed by atoms with Gasteiger partial charge in [-0.25, -0.2) is 0 Å². The molecule has 1 heterocycles. The zero-order chi connectivity index (χ0) is 16.1. The third-order valence-corrected chi connectivity index (χ3v) is 4.16. The number of hydrogen-bond acceptors (Lipinski definition) is 3. The molecule has 1 aromatic rings. The summed E-state index contributed by atoms with van der Waals surface area (Å²) in [5.41, 5.74) is 0.360. The van der Waals surface area contributed by atoms with E-state index in [1.165, 1.54) is 0 Å². The minimum atomic E-state index is -0.434. The van der Waals surface area contributed by atoms with Crippen molar-refractivity contribution in [2.75, 3.05) is 13.1 Å². The molecule has 0 aliphatic carbocycles. The Kier molecular flexibility index (Phi) is 5.80. The minimum absolute atomic E-state index is 0.0552. The molecule has 5 nitrogen and oxygen atoms in total. The molecule has 2 unspecified atom stereocenters. The highest BCUT2D eigenvalue weighted by Crippen LogP contribution is 2.21. The zero-order valence-corrected chi connectivity index (χ0v) is 13.3. The van der Waals surface area contributed by atoms with Crippen LogP contribution < -0.4 is 5.32 Å². The van der Waals surface area contributed by atoms with Crippen molar-refractivity contribution in [2.24, 2.45) is 0 Å². The fraction of sp³-hybridized carbons (Fsp3) is 0.500. The zero-order valence-electron chi connectivity index (χ0n) is 12.6. The number of hydrogen-bond donors (Lipinski definition) is 2. The van der Waals surface area contributed by atoms with Crippen molar-refractivity contribution in [3.05, 3.63) is 34.9 Å². The van der Waals surface area contributed by atoms with E-state index in [1.807, 2.05) is 0 Å².